The Hall–Kier alpha value is -0.760. The van der Waals surface area contributed by atoms with Gasteiger partial charge in [0.2, 0.25) is 0 Å². The lowest BCUT2D eigenvalue weighted by Crippen LogP contribution is -2.50. The summed E-state index contributed by atoms with van der Waals surface area (Å²) in [5, 5.41) is 7.33. The first-order chi connectivity index (χ1) is 11.9. The molecule has 1 saturated carbocycles. The van der Waals surface area contributed by atoms with Gasteiger partial charge in [-0.05, 0) is 44.2 Å². The lowest BCUT2D eigenvalue weighted by atomic mass is 9.95. The minimum absolute atomic E-state index is 0. The van der Waals surface area contributed by atoms with Crippen LogP contribution in [0.2, 0.25) is 0 Å². The van der Waals surface area contributed by atoms with Crippen LogP contribution in [0, 0.1) is 0 Å². The lowest BCUT2D eigenvalue weighted by molar-refractivity contribution is 0.0992. The molecule has 2 N–H and O–H groups in total. The van der Waals surface area contributed by atoms with E-state index in [1.165, 1.54) is 44.9 Å². The Morgan fingerprint density at radius 2 is 2.00 bits per heavy atom. The van der Waals surface area contributed by atoms with E-state index < -0.39 is 0 Å². The number of ether oxygens (including phenoxy) is 1. The lowest BCUT2D eigenvalue weighted by Gasteiger charge is -2.28. The van der Waals surface area contributed by atoms with E-state index >= 15 is 0 Å². The van der Waals surface area contributed by atoms with Crippen LogP contribution in [0.5, 0.6) is 0 Å². The van der Waals surface area contributed by atoms with Gasteiger partial charge in [0.1, 0.15) is 5.76 Å². The average molecular weight is 459 g/mol. The largest absolute Gasteiger partial charge is 0.469 e. The molecule has 3 heterocycles. The quantitative estimate of drug-likeness (QED) is 0.401. The molecule has 0 amide bonds. The van der Waals surface area contributed by atoms with Gasteiger partial charge < -0.3 is 19.8 Å². The van der Waals surface area contributed by atoms with Crippen molar-refractivity contribution in [2.24, 2.45) is 4.99 Å². The maximum absolute atomic E-state index is 5.98. The van der Waals surface area contributed by atoms with Crippen LogP contribution in [0.15, 0.2) is 27.8 Å². The zero-order valence-corrected chi connectivity index (χ0v) is 17.1. The number of rotatable bonds is 5. The molecular formula is C19H30IN3O2. The van der Waals surface area contributed by atoms with Crippen molar-refractivity contribution in [2.75, 3.05) is 6.54 Å². The monoisotopic (exact) mass is 459 g/mol. The molecule has 0 aromatic carbocycles. The molecule has 5 nitrogen and oxygen atoms in total. The molecule has 2 bridgehead atoms. The Labute approximate surface area is 167 Å². The Balaban J connectivity index is 0.00000182. The molecule has 3 atom stereocenters. The van der Waals surface area contributed by atoms with Crippen molar-refractivity contribution < 1.29 is 9.15 Å². The molecule has 4 rings (SSSR count). The van der Waals surface area contributed by atoms with Crippen LogP contribution >= 0.6 is 24.0 Å². The fraction of sp³-hybridized carbons (Fsp3) is 0.737. The van der Waals surface area contributed by atoms with Gasteiger partial charge >= 0.3 is 0 Å². The summed E-state index contributed by atoms with van der Waals surface area (Å²) in [5.41, 5.74) is 0. The third-order valence-corrected chi connectivity index (χ3v) is 5.58. The molecule has 1 aromatic rings. The number of nitrogens with one attached hydrogen (secondary N) is 2. The second-order valence-electron chi connectivity index (χ2n) is 7.40. The third kappa shape index (κ3) is 5.12. The summed E-state index contributed by atoms with van der Waals surface area (Å²) in [4.78, 5) is 4.82. The van der Waals surface area contributed by atoms with Crippen molar-refractivity contribution in [3.8, 4) is 0 Å². The van der Waals surface area contributed by atoms with E-state index in [0.29, 0.717) is 24.3 Å². The number of furan rings is 1. The minimum Gasteiger partial charge on any atom is -0.469 e. The highest BCUT2D eigenvalue weighted by Gasteiger charge is 2.41. The number of hydrogen-bond donors (Lipinski definition) is 2. The Kier molecular flexibility index (Phi) is 7.04. The van der Waals surface area contributed by atoms with Crippen LogP contribution in [0.3, 0.4) is 0 Å². The van der Waals surface area contributed by atoms with Gasteiger partial charge in [-0.3, -0.25) is 4.99 Å². The summed E-state index contributed by atoms with van der Waals surface area (Å²) < 4.78 is 11.4. The van der Waals surface area contributed by atoms with Crippen LogP contribution in [-0.4, -0.2) is 36.8 Å². The predicted molar refractivity (Wildman–Crippen MR) is 110 cm³/mol. The Morgan fingerprint density at radius 3 is 2.68 bits per heavy atom. The fourth-order valence-electron chi connectivity index (χ4n) is 4.27. The first kappa shape index (κ1) is 19.0. The van der Waals surface area contributed by atoms with Gasteiger partial charge in [0, 0.05) is 19.0 Å². The maximum atomic E-state index is 5.98. The topological polar surface area (TPSA) is 58.8 Å². The zero-order chi connectivity index (χ0) is 16.2. The highest BCUT2D eigenvalue weighted by atomic mass is 127. The summed E-state index contributed by atoms with van der Waals surface area (Å²) in [7, 11) is 0. The first-order valence-corrected chi connectivity index (χ1v) is 9.62. The van der Waals surface area contributed by atoms with Gasteiger partial charge in [-0.15, -0.1) is 24.0 Å². The van der Waals surface area contributed by atoms with Crippen molar-refractivity contribution in [3.63, 3.8) is 0 Å². The molecule has 0 spiro atoms. The molecule has 3 unspecified atom stereocenters. The van der Waals surface area contributed by atoms with Crippen LogP contribution in [-0.2, 0) is 11.2 Å². The van der Waals surface area contributed by atoms with Crippen LogP contribution < -0.4 is 10.6 Å². The van der Waals surface area contributed by atoms with Crippen LogP contribution in [0.25, 0.3) is 0 Å². The molecule has 3 aliphatic rings. The van der Waals surface area contributed by atoms with Crippen molar-refractivity contribution >= 4 is 29.9 Å². The van der Waals surface area contributed by atoms with Gasteiger partial charge in [-0.2, -0.15) is 0 Å². The van der Waals surface area contributed by atoms with Crippen molar-refractivity contribution in [2.45, 2.75) is 82.1 Å². The highest BCUT2D eigenvalue weighted by molar-refractivity contribution is 14.0. The zero-order valence-electron chi connectivity index (χ0n) is 14.8. The molecule has 3 fully saturated rings. The maximum Gasteiger partial charge on any atom is 0.191 e. The molecule has 2 saturated heterocycles. The number of aliphatic imine (C=N–C) groups is 1. The smallest absolute Gasteiger partial charge is 0.191 e. The second-order valence-corrected chi connectivity index (χ2v) is 7.40. The molecular weight excluding hydrogens is 429 g/mol. The van der Waals surface area contributed by atoms with Crippen LogP contribution in [0.4, 0.5) is 0 Å². The summed E-state index contributed by atoms with van der Waals surface area (Å²) in [6.07, 6.45) is 13.5. The number of nitrogens with zero attached hydrogens (tertiary/aromatic N) is 1. The van der Waals surface area contributed by atoms with Gasteiger partial charge in [0.15, 0.2) is 5.96 Å². The Bertz CT molecular complexity index is 543. The average Bonchev–Trinajstić information content (AvgIpc) is 3.34. The number of fused-ring (bicyclic) bond motifs is 2. The standard InChI is InChI=1S/C19H29N3O2.HI/c1-2-5-14(6-3-1)21-19(20-11-10-15-7-4-12-23-15)22-17-13-16-8-9-18(17)24-16;/h4,7,12,14,16-18H,1-3,5-6,8-11,13H2,(H2,20,21,22);1H. The van der Waals surface area contributed by atoms with Crippen molar-refractivity contribution in [3.05, 3.63) is 24.2 Å². The molecule has 1 aliphatic carbocycles. The van der Waals surface area contributed by atoms with E-state index in [2.05, 4.69) is 10.6 Å². The van der Waals surface area contributed by atoms with Crippen molar-refractivity contribution in [1.29, 1.82) is 0 Å². The summed E-state index contributed by atoms with van der Waals surface area (Å²) in [6.45, 7) is 0.747. The minimum atomic E-state index is 0. The normalized spacial score (nSPS) is 29.4. The summed E-state index contributed by atoms with van der Waals surface area (Å²) in [6, 6.07) is 4.93. The molecule has 6 heteroatoms. The van der Waals surface area contributed by atoms with E-state index in [0.717, 1.165) is 31.1 Å². The number of guanidine groups is 1. The summed E-state index contributed by atoms with van der Waals surface area (Å²) in [5.74, 6) is 1.97. The highest BCUT2D eigenvalue weighted by Crippen LogP contribution is 2.34. The number of hydrogen-bond acceptors (Lipinski definition) is 3. The molecule has 2 aliphatic heterocycles. The van der Waals surface area contributed by atoms with Gasteiger partial charge in [-0.25, -0.2) is 0 Å². The SMILES string of the molecule is I.c1coc(CCN=C(NC2CCCCC2)NC2CC3CCC2O3)c1. The molecule has 1 aromatic heterocycles. The second kappa shape index (κ2) is 9.26. The van der Waals surface area contributed by atoms with E-state index in [9.17, 15) is 0 Å². The first-order valence-electron chi connectivity index (χ1n) is 9.62. The van der Waals surface area contributed by atoms with E-state index in [-0.39, 0.29) is 24.0 Å². The third-order valence-electron chi connectivity index (χ3n) is 5.58. The fourth-order valence-corrected chi connectivity index (χ4v) is 4.27. The number of halogens is 1. The van der Waals surface area contributed by atoms with Gasteiger partial charge in [0.05, 0.1) is 24.5 Å². The van der Waals surface area contributed by atoms with Crippen LogP contribution in [0.1, 0.15) is 57.1 Å². The van der Waals surface area contributed by atoms with Crippen molar-refractivity contribution in [1.82, 2.24) is 10.6 Å². The summed E-state index contributed by atoms with van der Waals surface area (Å²) >= 11 is 0. The van der Waals surface area contributed by atoms with E-state index in [1.807, 2.05) is 12.1 Å². The van der Waals surface area contributed by atoms with E-state index in [4.69, 9.17) is 14.1 Å². The molecule has 25 heavy (non-hydrogen) atoms. The van der Waals surface area contributed by atoms with Gasteiger partial charge in [0.25, 0.3) is 0 Å². The molecule has 0 radical (unpaired) electrons. The predicted octanol–water partition coefficient (Wildman–Crippen LogP) is 3.63. The molecule has 140 valence electrons. The van der Waals surface area contributed by atoms with Gasteiger partial charge in [-0.1, -0.05) is 19.3 Å². The Morgan fingerprint density at radius 1 is 1.12 bits per heavy atom. The van der Waals surface area contributed by atoms with E-state index in [1.54, 1.807) is 6.26 Å².